The number of phenolic OH excluding ortho intramolecular Hbond substituents is 2. The van der Waals surface area contributed by atoms with E-state index in [-0.39, 0.29) is 33.5 Å². The van der Waals surface area contributed by atoms with Crippen molar-refractivity contribution < 1.29 is 114 Å². The molecule has 5 aromatic carbocycles. The fourth-order valence-corrected chi connectivity index (χ4v) is 9.83. The number of rotatable bonds is 15. The number of phenols is 2. The zero-order chi connectivity index (χ0) is 48.1. The standard InChI is InChI=1S/C31H27N5O22S6.Cu/c1-14(37)32-21-12-19(60(42,43)44)8-16-10-24(62(48,49)50)28(30(39)26(16)21)35-33-17-3-4-20-15(7-17)9-23(61(45,46)47)27(29(20)38)36-34-22-11-18(13-25(31(22)57-2)63(51,52)53)59(40,41)6-5-58-64(54,55)56;/h3-4,7-13,38-39H,5-6H2,1-2H3,(H,32,37)(H,42,43,44)(H,45,46,47)(H,48,49,50)(H,51,52,53)(H,54,55,56);. The van der Waals surface area contributed by atoms with Crippen molar-refractivity contribution in [3.05, 3.63) is 54.6 Å². The van der Waals surface area contributed by atoms with Gasteiger partial charge in [-0.15, -0.1) is 15.3 Å². The van der Waals surface area contributed by atoms with E-state index in [0.717, 1.165) is 32.2 Å². The first-order chi connectivity index (χ1) is 29.2. The van der Waals surface area contributed by atoms with Gasteiger partial charge in [0.2, 0.25) is 5.91 Å². The molecule has 0 aromatic heterocycles. The van der Waals surface area contributed by atoms with E-state index in [1.807, 2.05) is 0 Å². The average molecular weight is 1080 g/mol. The zero-order valence-corrected chi connectivity index (χ0v) is 37.7. The Bertz CT molecular complexity index is 3590. The van der Waals surface area contributed by atoms with Gasteiger partial charge in [-0.1, -0.05) is 0 Å². The van der Waals surface area contributed by atoms with Crippen molar-refractivity contribution in [3.8, 4) is 17.2 Å². The predicted octanol–water partition coefficient (Wildman–Crippen LogP) is 3.78. The summed E-state index contributed by atoms with van der Waals surface area (Å²) in [6, 6.07) is 6.72. The largest absolute Gasteiger partial charge is 0.505 e. The maximum Gasteiger partial charge on any atom is 0.397 e. The van der Waals surface area contributed by atoms with E-state index in [9.17, 15) is 83.7 Å². The molecule has 5 aromatic rings. The Morgan fingerprint density at radius 3 is 1.71 bits per heavy atom. The first kappa shape index (κ1) is 52.3. The number of nitrogens with one attached hydrogen (secondary N) is 1. The summed E-state index contributed by atoms with van der Waals surface area (Å²) in [5, 5.41) is 37.8. The van der Waals surface area contributed by atoms with Crippen molar-refractivity contribution >= 4 is 117 Å². The summed E-state index contributed by atoms with van der Waals surface area (Å²) in [6.45, 7) is -0.196. The number of fused-ring (bicyclic) bond motifs is 2. The molecule has 5 rings (SSSR count). The van der Waals surface area contributed by atoms with Crippen molar-refractivity contribution in [2.75, 3.05) is 24.8 Å². The van der Waals surface area contributed by atoms with Gasteiger partial charge < -0.3 is 20.3 Å². The molecular formula is C31H27CuN5O22S6. The quantitative estimate of drug-likeness (QED) is 0.0420. The van der Waals surface area contributed by atoms with E-state index in [2.05, 4.69) is 30.0 Å². The van der Waals surface area contributed by atoms with Gasteiger partial charge in [-0.3, -0.25) is 27.6 Å². The van der Waals surface area contributed by atoms with E-state index in [1.54, 1.807) is 0 Å². The van der Waals surface area contributed by atoms with E-state index in [0.29, 0.717) is 36.4 Å². The molecule has 0 aliphatic carbocycles. The normalized spacial score (nSPS) is 13.1. The summed E-state index contributed by atoms with van der Waals surface area (Å²) in [7, 11) is -30.2. The number of methoxy groups -OCH3 is 1. The molecule has 34 heteroatoms. The number of azo groups is 2. The molecule has 355 valence electrons. The molecule has 1 radical (unpaired) electrons. The predicted molar refractivity (Wildman–Crippen MR) is 216 cm³/mol. The van der Waals surface area contributed by atoms with Crippen LogP contribution in [0.1, 0.15) is 6.92 Å². The molecule has 0 fully saturated rings. The number of hydrogen-bond donors (Lipinski definition) is 8. The molecule has 27 nitrogen and oxygen atoms in total. The third-order valence-electron chi connectivity index (χ3n) is 8.28. The van der Waals surface area contributed by atoms with Gasteiger partial charge in [0.1, 0.15) is 31.7 Å². The van der Waals surface area contributed by atoms with Gasteiger partial charge in [-0.2, -0.15) is 47.2 Å². The van der Waals surface area contributed by atoms with Crippen LogP contribution >= 0.6 is 0 Å². The number of amides is 1. The Kier molecular flexibility index (Phi) is 14.9. The molecule has 0 atom stereocenters. The van der Waals surface area contributed by atoms with Crippen LogP contribution < -0.4 is 10.1 Å². The van der Waals surface area contributed by atoms with Crippen molar-refractivity contribution in [1.29, 1.82) is 0 Å². The van der Waals surface area contributed by atoms with E-state index in [1.165, 1.54) is 0 Å². The number of hydrogen-bond acceptors (Lipinski definition) is 21. The van der Waals surface area contributed by atoms with E-state index in [4.69, 9.17) is 9.29 Å². The molecular weight excluding hydrogens is 1050 g/mol. The van der Waals surface area contributed by atoms with Crippen molar-refractivity contribution in [2.24, 2.45) is 20.5 Å². The molecule has 0 saturated carbocycles. The SMILES string of the molecule is COc1c(N=Nc2c(S(=O)(=O)O)cc3cc(N=Nc4c(S(=O)(=O)O)cc5cc(S(=O)(=O)O)cc(NC(C)=O)c5c4O)ccc3c2O)cc(S(=O)(=O)CCOS(=O)(=O)O)cc1S(=O)(=O)O.[Cu]. The molecule has 0 heterocycles. The molecule has 1 amide bonds. The summed E-state index contributed by atoms with van der Waals surface area (Å²) in [6.07, 6.45) is 0. The molecule has 65 heavy (non-hydrogen) atoms. The van der Waals surface area contributed by atoms with Gasteiger partial charge in [0, 0.05) is 34.8 Å². The van der Waals surface area contributed by atoms with Crippen LogP contribution in [0.5, 0.6) is 17.2 Å². The van der Waals surface area contributed by atoms with E-state index >= 15 is 0 Å². The van der Waals surface area contributed by atoms with Crippen LogP contribution in [0, 0.1) is 0 Å². The number of sulfone groups is 1. The van der Waals surface area contributed by atoms with Crippen molar-refractivity contribution in [3.63, 3.8) is 0 Å². The molecule has 0 bridgehead atoms. The summed E-state index contributed by atoms with van der Waals surface area (Å²) < 4.78 is 203. The Hall–Kier alpha value is -5.33. The van der Waals surface area contributed by atoms with Gasteiger partial charge in [-0.05, 0) is 65.4 Å². The second-order valence-corrected chi connectivity index (χ2v) is 21.4. The Balaban J connectivity index is 0.00000925. The van der Waals surface area contributed by atoms with Crippen molar-refractivity contribution in [2.45, 2.75) is 31.4 Å². The molecule has 0 saturated heterocycles. The molecule has 0 unspecified atom stereocenters. The first-order valence-corrected chi connectivity index (χ1v) is 25.2. The van der Waals surface area contributed by atoms with Gasteiger partial charge in [0.15, 0.2) is 27.1 Å². The van der Waals surface area contributed by atoms with Crippen LogP contribution in [0.4, 0.5) is 28.4 Å². The zero-order valence-electron chi connectivity index (χ0n) is 31.9. The summed E-state index contributed by atoms with van der Waals surface area (Å²) in [5.41, 5.74) is -3.74. The Morgan fingerprint density at radius 1 is 0.631 bits per heavy atom. The minimum atomic E-state index is -5.42. The number of nitrogens with zero attached hydrogens (tertiary/aromatic N) is 4. The van der Waals surface area contributed by atoms with Crippen LogP contribution in [0.3, 0.4) is 0 Å². The van der Waals surface area contributed by atoms with Crippen LogP contribution in [-0.4, -0.2) is 109 Å². The number of aromatic hydroxyl groups is 2. The van der Waals surface area contributed by atoms with Crippen LogP contribution in [0.2, 0.25) is 0 Å². The maximum atomic E-state index is 13.0. The average Bonchev–Trinajstić information content (AvgIpc) is 3.13. The Morgan fingerprint density at radius 2 is 1.18 bits per heavy atom. The van der Waals surface area contributed by atoms with Gasteiger partial charge in [0.05, 0.1) is 40.6 Å². The molecule has 0 aliphatic rings. The fraction of sp³-hybridized carbons (Fsp3) is 0.129. The Labute approximate surface area is 377 Å². The minimum absolute atomic E-state index is 0. The second kappa shape index (κ2) is 18.5. The van der Waals surface area contributed by atoms with E-state index < -0.39 is 154 Å². The number of carbonyl (C=O) groups excluding carboxylic acids is 1. The number of carbonyl (C=O) groups is 1. The summed E-state index contributed by atoms with van der Waals surface area (Å²) >= 11 is 0. The number of anilines is 1. The van der Waals surface area contributed by atoms with Crippen LogP contribution in [0.15, 0.2) is 99.5 Å². The van der Waals surface area contributed by atoms with Gasteiger partial charge in [-0.25, -0.2) is 12.6 Å². The van der Waals surface area contributed by atoms with Crippen LogP contribution in [0.25, 0.3) is 21.5 Å². The summed E-state index contributed by atoms with van der Waals surface area (Å²) in [4.78, 5) is 6.43. The first-order valence-electron chi connectivity index (χ1n) is 16.4. The molecule has 0 spiro atoms. The fourth-order valence-electron chi connectivity index (χ4n) is 5.68. The minimum Gasteiger partial charge on any atom is -0.505 e. The second-order valence-electron chi connectivity index (χ2n) is 12.6. The third kappa shape index (κ3) is 11.9. The van der Waals surface area contributed by atoms with Gasteiger partial charge in [0.25, 0.3) is 40.5 Å². The number of benzene rings is 5. The number of ether oxygens (including phenoxy) is 1. The monoisotopic (exact) mass is 1080 g/mol. The van der Waals surface area contributed by atoms with Crippen LogP contribution in [-0.2, 0) is 86.8 Å². The topological polar surface area (TPSA) is 443 Å². The smallest absolute Gasteiger partial charge is 0.397 e. The molecule has 0 aliphatic heterocycles. The van der Waals surface area contributed by atoms with Gasteiger partial charge >= 0.3 is 10.4 Å². The maximum absolute atomic E-state index is 13.0. The summed E-state index contributed by atoms with van der Waals surface area (Å²) in [5.74, 6) is -5.11. The third-order valence-corrected chi connectivity index (χ3v) is 13.8. The van der Waals surface area contributed by atoms with Crippen molar-refractivity contribution in [1.82, 2.24) is 0 Å². The molecule has 8 N–H and O–H groups in total.